The number of hydrogen-bond acceptors (Lipinski definition) is 4. The van der Waals surface area contributed by atoms with Crippen molar-refractivity contribution in [3.05, 3.63) is 23.2 Å². The van der Waals surface area contributed by atoms with Crippen LogP contribution in [0.2, 0.25) is 5.28 Å². The molecule has 3 saturated carbocycles. The van der Waals surface area contributed by atoms with Gasteiger partial charge in [0.2, 0.25) is 5.28 Å². The molecule has 0 unspecified atom stereocenters. The fraction of sp³-hybridized carbons (Fsp3) is 0.583. The fourth-order valence-electron chi connectivity index (χ4n) is 3.48. The molecule has 2 bridgehead atoms. The zero-order chi connectivity index (χ0) is 12.1. The lowest BCUT2D eigenvalue weighted by atomic mass is 9.59. The molecule has 0 aliphatic heterocycles. The topological polar surface area (TPSA) is 52.1 Å². The van der Waals surface area contributed by atoms with E-state index in [0.717, 1.165) is 31.4 Å². The summed E-state index contributed by atoms with van der Waals surface area (Å²) < 4.78 is 4.88. The summed E-state index contributed by atoms with van der Waals surface area (Å²) in [5, 5.41) is 0.277. The van der Waals surface area contributed by atoms with E-state index in [2.05, 4.69) is 9.97 Å². The van der Waals surface area contributed by atoms with Crippen molar-refractivity contribution in [2.24, 2.45) is 5.41 Å². The van der Waals surface area contributed by atoms with Gasteiger partial charge in [0.1, 0.15) is 0 Å². The first-order valence-corrected chi connectivity index (χ1v) is 6.06. The summed E-state index contributed by atoms with van der Waals surface area (Å²) in [6.07, 6.45) is 5.21. The van der Waals surface area contributed by atoms with Crippen molar-refractivity contribution in [3.63, 3.8) is 0 Å². The van der Waals surface area contributed by atoms with Crippen LogP contribution in [0, 0.1) is 5.41 Å². The molecule has 0 atom stereocenters. The summed E-state index contributed by atoms with van der Waals surface area (Å²) >= 11 is 5.81. The van der Waals surface area contributed by atoms with Crippen LogP contribution in [-0.2, 0) is 14.9 Å². The molecule has 0 N–H and O–H groups in total. The van der Waals surface area contributed by atoms with Gasteiger partial charge in [-0.3, -0.25) is 4.79 Å². The first-order valence-electron chi connectivity index (χ1n) is 5.68. The third-order valence-corrected chi connectivity index (χ3v) is 4.41. The van der Waals surface area contributed by atoms with Gasteiger partial charge >= 0.3 is 5.97 Å². The Balaban J connectivity index is 1.88. The lowest BCUT2D eigenvalue weighted by Gasteiger charge is -2.44. The van der Waals surface area contributed by atoms with E-state index >= 15 is 0 Å². The van der Waals surface area contributed by atoms with Crippen LogP contribution < -0.4 is 0 Å². The summed E-state index contributed by atoms with van der Waals surface area (Å²) in [6.45, 7) is 0. The van der Waals surface area contributed by atoms with Gasteiger partial charge in [-0.15, -0.1) is 0 Å². The maximum Gasteiger partial charge on any atom is 0.311 e. The molecule has 5 heteroatoms. The maximum atomic E-state index is 11.7. The Morgan fingerprint density at radius 2 is 2.24 bits per heavy atom. The molecule has 3 aliphatic carbocycles. The predicted octanol–water partition coefficient (Wildman–Crippen LogP) is 2.11. The van der Waals surface area contributed by atoms with Crippen molar-refractivity contribution >= 4 is 17.6 Å². The number of carbonyl (C=O) groups is 1. The molecule has 90 valence electrons. The molecule has 0 radical (unpaired) electrons. The molecule has 0 aromatic carbocycles. The lowest BCUT2D eigenvalue weighted by Crippen LogP contribution is -2.46. The molecule has 4 nitrogen and oxygen atoms in total. The largest absolute Gasteiger partial charge is 0.469 e. The van der Waals surface area contributed by atoms with Crippen molar-refractivity contribution in [1.29, 1.82) is 0 Å². The molecule has 17 heavy (non-hydrogen) atoms. The lowest BCUT2D eigenvalue weighted by molar-refractivity contribution is -0.158. The number of fused-ring (bicyclic) bond motifs is 1. The minimum absolute atomic E-state index is 0.0285. The van der Waals surface area contributed by atoms with Crippen LogP contribution in [0.25, 0.3) is 0 Å². The maximum absolute atomic E-state index is 11.7. The highest BCUT2D eigenvalue weighted by molar-refractivity contribution is 6.28. The molecular formula is C12H13ClN2O2. The third kappa shape index (κ3) is 1.40. The molecule has 0 spiro atoms. The smallest absolute Gasteiger partial charge is 0.311 e. The molecule has 4 rings (SSSR count). The van der Waals surface area contributed by atoms with E-state index < -0.39 is 0 Å². The Bertz CT molecular complexity index is 483. The number of halogens is 1. The Kier molecular flexibility index (Phi) is 2.20. The zero-order valence-electron chi connectivity index (χ0n) is 9.57. The van der Waals surface area contributed by atoms with E-state index in [1.807, 2.05) is 6.07 Å². The SMILES string of the molecule is COC(=O)C12CCC(c3ccnc(Cl)n3)(C1)C2. The van der Waals surface area contributed by atoms with Gasteiger partial charge in [-0.1, -0.05) is 0 Å². The van der Waals surface area contributed by atoms with Crippen molar-refractivity contribution in [1.82, 2.24) is 9.97 Å². The Labute approximate surface area is 104 Å². The second-order valence-corrected chi connectivity index (χ2v) is 5.45. The summed E-state index contributed by atoms with van der Waals surface area (Å²) in [5.74, 6) is -0.0780. The van der Waals surface area contributed by atoms with Crippen LogP contribution in [0.1, 0.15) is 31.4 Å². The van der Waals surface area contributed by atoms with Crippen molar-refractivity contribution in [2.75, 3.05) is 7.11 Å². The van der Waals surface area contributed by atoms with Crippen LogP contribution in [0.4, 0.5) is 0 Å². The van der Waals surface area contributed by atoms with Gasteiger partial charge in [-0.2, -0.15) is 0 Å². The first-order chi connectivity index (χ1) is 8.10. The van der Waals surface area contributed by atoms with Crippen molar-refractivity contribution < 1.29 is 9.53 Å². The Hall–Kier alpha value is -1.16. The highest BCUT2D eigenvalue weighted by atomic mass is 35.5. The normalized spacial score (nSPS) is 34.2. The average Bonchev–Trinajstić information content (AvgIpc) is 2.84. The quantitative estimate of drug-likeness (QED) is 0.598. The number of ether oxygens (including phenoxy) is 1. The van der Waals surface area contributed by atoms with E-state index in [1.54, 1.807) is 6.20 Å². The van der Waals surface area contributed by atoms with Crippen molar-refractivity contribution in [3.8, 4) is 0 Å². The summed E-state index contributed by atoms with van der Waals surface area (Å²) in [4.78, 5) is 19.9. The number of rotatable bonds is 2. The highest BCUT2D eigenvalue weighted by Crippen LogP contribution is 2.67. The minimum atomic E-state index is -0.258. The summed E-state index contributed by atoms with van der Waals surface area (Å²) in [5.41, 5.74) is 0.738. The van der Waals surface area contributed by atoms with Gasteiger partial charge in [0.05, 0.1) is 18.2 Å². The summed E-state index contributed by atoms with van der Waals surface area (Å²) in [6, 6.07) is 1.90. The highest BCUT2D eigenvalue weighted by Gasteiger charge is 2.66. The fourth-order valence-corrected chi connectivity index (χ4v) is 3.63. The van der Waals surface area contributed by atoms with E-state index in [1.165, 1.54) is 7.11 Å². The molecule has 1 aromatic rings. The molecule has 1 heterocycles. The molecule has 1 aromatic heterocycles. The number of carbonyl (C=O) groups excluding carboxylic acids is 1. The Morgan fingerprint density at radius 1 is 1.47 bits per heavy atom. The van der Waals surface area contributed by atoms with Gasteiger partial charge in [-0.05, 0) is 43.4 Å². The molecular weight excluding hydrogens is 240 g/mol. The number of hydrogen-bond donors (Lipinski definition) is 0. The van der Waals surface area contributed by atoms with Crippen LogP contribution >= 0.6 is 11.6 Å². The van der Waals surface area contributed by atoms with Gasteiger partial charge < -0.3 is 4.74 Å². The number of methoxy groups -OCH3 is 1. The van der Waals surface area contributed by atoms with Crippen LogP contribution in [0.15, 0.2) is 12.3 Å². The van der Waals surface area contributed by atoms with Crippen molar-refractivity contribution in [2.45, 2.75) is 31.1 Å². The second kappa shape index (κ2) is 3.42. The van der Waals surface area contributed by atoms with Crippen LogP contribution in [0.3, 0.4) is 0 Å². The second-order valence-electron chi connectivity index (χ2n) is 5.12. The zero-order valence-corrected chi connectivity index (χ0v) is 10.3. The van der Waals surface area contributed by atoms with Crippen LogP contribution in [0.5, 0.6) is 0 Å². The van der Waals surface area contributed by atoms with E-state index in [9.17, 15) is 4.79 Å². The average molecular weight is 253 g/mol. The molecule has 3 fully saturated rings. The standard InChI is InChI=1S/C12H13ClN2O2/c1-17-9(16)12-4-3-11(6-12,7-12)8-2-5-14-10(13)15-8/h2,5H,3-4,6-7H2,1H3. The van der Waals surface area contributed by atoms with Gasteiger partial charge in [0, 0.05) is 11.6 Å². The molecule has 0 amide bonds. The van der Waals surface area contributed by atoms with Gasteiger partial charge in [0.25, 0.3) is 0 Å². The number of esters is 1. The number of aromatic nitrogens is 2. The van der Waals surface area contributed by atoms with E-state index in [4.69, 9.17) is 16.3 Å². The van der Waals surface area contributed by atoms with Crippen LogP contribution in [-0.4, -0.2) is 23.0 Å². The summed E-state index contributed by atoms with van der Waals surface area (Å²) in [7, 11) is 1.46. The van der Waals surface area contributed by atoms with Gasteiger partial charge in [0.15, 0.2) is 0 Å². The monoisotopic (exact) mass is 252 g/mol. The Morgan fingerprint density at radius 3 is 2.88 bits per heavy atom. The van der Waals surface area contributed by atoms with Gasteiger partial charge in [-0.25, -0.2) is 9.97 Å². The molecule has 0 saturated heterocycles. The first kappa shape index (κ1) is 11.0. The predicted molar refractivity (Wildman–Crippen MR) is 61.6 cm³/mol. The molecule has 3 aliphatic rings. The third-order valence-electron chi connectivity index (χ3n) is 4.22. The van der Waals surface area contributed by atoms with E-state index in [0.29, 0.717) is 0 Å². The number of nitrogens with zero attached hydrogens (tertiary/aromatic N) is 2. The minimum Gasteiger partial charge on any atom is -0.469 e. The van der Waals surface area contributed by atoms with E-state index in [-0.39, 0.29) is 22.1 Å².